The highest BCUT2D eigenvalue weighted by atomic mass is 16.4. The molecule has 0 aliphatic carbocycles. The van der Waals surface area contributed by atoms with E-state index in [4.69, 9.17) is 4.98 Å². The maximum absolute atomic E-state index is 9.55. The topological polar surface area (TPSA) is 53.4 Å². The van der Waals surface area contributed by atoms with Gasteiger partial charge in [-0.05, 0) is 45.9 Å². The first-order chi connectivity index (χ1) is 16.2. The van der Waals surface area contributed by atoms with Crippen LogP contribution in [0, 0.1) is 0 Å². The van der Waals surface area contributed by atoms with Gasteiger partial charge in [0, 0.05) is 11.1 Å². The Kier molecular flexibility index (Phi) is 5.86. The summed E-state index contributed by atoms with van der Waals surface area (Å²) in [5, 5.41) is 19.1. The minimum atomic E-state index is -1.49. The van der Waals surface area contributed by atoms with Crippen molar-refractivity contribution in [1.82, 2.24) is 4.98 Å². The van der Waals surface area contributed by atoms with Crippen LogP contribution in [-0.4, -0.2) is 22.2 Å². The third-order valence-electron chi connectivity index (χ3n) is 5.68. The molecule has 4 aromatic carbocycles. The molecule has 0 radical (unpaired) electrons. The Labute approximate surface area is 193 Å². The van der Waals surface area contributed by atoms with Crippen molar-refractivity contribution in [2.24, 2.45) is 0 Å². The highest BCUT2D eigenvalue weighted by Gasteiger charge is 2.13. The molecule has 0 saturated carbocycles. The molecule has 1 aromatic heterocycles. The van der Waals surface area contributed by atoms with Crippen LogP contribution in [-0.2, 0) is 0 Å². The van der Waals surface area contributed by atoms with Crippen molar-refractivity contribution in [3.8, 4) is 44.8 Å². The van der Waals surface area contributed by atoms with Crippen LogP contribution >= 0.6 is 0 Å². The first kappa shape index (κ1) is 20.9. The highest BCUT2D eigenvalue weighted by molar-refractivity contribution is 6.58. The summed E-state index contributed by atoms with van der Waals surface area (Å²) in [4.78, 5) is 4.96. The molecule has 33 heavy (non-hydrogen) atoms. The zero-order valence-corrected chi connectivity index (χ0v) is 18.0. The van der Waals surface area contributed by atoms with Crippen molar-refractivity contribution in [2.45, 2.75) is 0 Å². The van der Waals surface area contributed by atoms with Crippen molar-refractivity contribution in [3.63, 3.8) is 0 Å². The van der Waals surface area contributed by atoms with Crippen molar-refractivity contribution in [3.05, 3.63) is 121 Å². The Balaban J connectivity index is 1.63. The Morgan fingerprint density at radius 1 is 0.424 bits per heavy atom. The number of hydrogen-bond donors (Lipinski definition) is 2. The fourth-order valence-electron chi connectivity index (χ4n) is 3.97. The smallest absolute Gasteiger partial charge is 0.423 e. The molecule has 0 amide bonds. The molecule has 2 N–H and O–H groups in total. The molecule has 0 atom stereocenters. The first-order valence-electron chi connectivity index (χ1n) is 10.9. The maximum Gasteiger partial charge on any atom is 0.488 e. The lowest BCUT2D eigenvalue weighted by Crippen LogP contribution is -2.29. The number of nitrogens with zero attached hydrogens (tertiary/aromatic N) is 1. The van der Waals surface area contributed by atoms with Crippen LogP contribution in [0.2, 0.25) is 0 Å². The number of aromatic nitrogens is 1. The Morgan fingerprint density at radius 2 is 0.879 bits per heavy atom. The van der Waals surface area contributed by atoms with Gasteiger partial charge in [-0.3, -0.25) is 0 Å². The molecule has 4 heteroatoms. The fraction of sp³-hybridized carbons (Fsp3) is 0. The van der Waals surface area contributed by atoms with Crippen LogP contribution in [0.5, 0.6) is 0 Å². The van der Waals surface area contributed by atoms with E-state index in [1.807, 2.05) is 60.7 Å². The van der Waals surface area contributed by atoms with E-state index in [9.17, 15) is 10.0 Å². The number of hydrogen-bond acceptors (Lipinski definition) is 3. The first-order valence-corrected chi connectivity index (χ1v) is 10.9. The molecule has 5 aromatic rings. The normalized spacial score (nSPS) is 10.7. The quantitative estimate of drug-likeness (QED) is 0.368. The molecule has 0 bridgehead atoms. The van der Waals surface area contributed by atoms with E-state index in [2.05, 4.69) is 48.5 Å². The van der Waals surface area contributed by atoms with Gasteiger partial charge in [-0.25, -0.2) is 4.98 Å². The second kappa shape index (κ2) is 9.25. The Hall–Kier alpha value is -3.99. The minimum absolute atomic E-state index is 0.472. The van der Waals surface area contributed by atoms with Crippen LogP contribution in [0.3, 0.4) is 0 Å². The van der Waals surface area contributed by atoms with Gasteiger partial charge in [0.2, 0.25) is 0 Å². The maximum atomic E-state index is 9.55. The van der Waals surface area contributed by atoms with Crippen LogP contribution in [0.25, 0.3) is 44.8 Å². The lowest BCUT2D eigenvalue weighted by Gasteiger charge is -2.12. The van der Waals surface area contributed by atoms with E-state index in [-0.39, 0.29) is 0 Å². The van der Waals surface area contributed by atoms with Crippen LogP contribution in [0.1, 0.15) is 0 Å². The number of rotatable bonds is 5. The molecule has 3 nitrogen and oxygen atoms in total. The third-order valence-corrected chi connectivity index (χ3v) is 5.68. The number of pyridine rings is 1. The summed E-state index contributed by atoms with van der Waals surface area (Å²) in [6.45, 7) is 0. The van der Waals surface area contributed by atoms with Gasteiger partial charge < -0.3 is 10.0 Å². The largest absolute Gasteiger partial charge is 0.488 e. The summed E-state index contributed by atoms with van der Waals surface area (Å²) in [7, 11) is -1.49. The molecule has 0 saturated heterocycles. The summed E-state index contributed by atoms with van der Waals surface area (Å²) < 4.78 is 0. The van der Waals surface area contributed by atoms with Crippen molar-refractivity contribution in [2.75, 3.05) is 0 Å². The monoisotopic (exact) mass is 427 g/mol. The van der Waals surface area contributed by atoms with Gasteiger partial charge in [-0.2, -0.15) is 0 Å². The van der Waals surface area contributed by atoms with Crippen molar-refractivity contribution >= 4 is 12.6 Å². The molecule has 0 aliphatic heterocycles. The van der Waals surface area contributed by atoms with Crippen LogP contribution in [0.4, 0.5) is 0 Å². The predicted octanol–water partition coefficient (Wildman–Crippen LogP) is 5.43. The second-order valence-corrected chi connectivity index (χ2v) is 7.94. The van der Waals surface area contributed by atoms with Gasteiger partial charge in [0.1, 0.15) is 0 Å². The lowest BCUT2D eigenvalue weighted by molar-refractivity contribution is 0.426. The third kappa shape index (κ3) is 4.63. The summed E-state index contributed by atoms with van der Waals surface area (Å²) in [6.07, 6.45) is 0. The van der Waals surface area contributed by atoms with E-state index in [1.54, 1.807) is 12.1 Å². The fourth-order valence-corrected chi connectivity index (χ4v) is 3.97. The van der Waals surface area contributed by atoms with Gasteiger partial charge >= 0.3 is 7.12 Å². The van der Waals surface area contributed by atoms with Crippen LogP contribution in [0.15, 0.2) is 121 Å². The molecule has 5 rings (SSSR count). The lowest BCUT2D eigenvalue weighted by atomic mass is 9.79. The molecule has 0 spiro atoms. The van der Waals surface area contributed by atoms with E-state index in [1.165, 1.54) is 0 Å². The molecule has 0 aliphatic rings. The second-order valence-electron chi connectivity index (χ2n) is 7.94. The zero-order valence-electron chi connectivity index (χ0n) is 18.0. The highest BCUT2D eigenvalue weighted by Crippen LogP contribution is 2.32. The molecule has 1 heterocycles. The molecular formula is C29H22BNO2. The van der Waals surface area contributed by atoms with Crippen molar-refractivity contribution in [1.29, 1.82) is 0 Å². The Bertz CT molecular complexity index is 1330. The number of benzene rings is 4. The van der Waals surface area contributed by atoms with Crippen LogP contribution < -0.4 is 5.46 Å². The summed E-state index contributed by atoms with van der Waals surface area (Å²) in [5.74, 6) is 0. The van der Waals surface area contributed by atoms with E-state index < -0.39 is 7.12 Å². The molecule has 0 fully saturated rings. The molecule has 158 valence electrons. The van der Waals surface area contributed by atoms with Gasteiger partial charge in [0.25, 0.3) is 0 Å². The summed E-state index contributed by atoms with van der Waals surface area (Å²) >= 11 is 0. The average molecular weight is 427 g/mol. The Morgan fingerprint density at radius 3 is 1.42 bits per heavy atom. The van der Waals surface area contributed by atoms with E-state index >= 15 is 0 Å². The average Bonchev–Trinajstić information content (AvgIpc) is 2.89. The standard InChI is InChI=1S/C29H22BNO2/c32-30(33)27-16-8-15-25(18-27)23-13-7-14-24(17-23)26-19-28(21-9-3-1-4-10-21)31-29(20-26)22-11-5-2-6-12-22/h1-20,32-33H. The van der Waals surface area contributed by atoms with Gasteiger partial charge in [0.05, 0.1) is 11.4 Å². The zero-order chi connectivity index (χ0) is 22.6. The molecular weight excluding hydrogens is 405 g/mol. The molecule has 0 unspecified atom stereocenters. The van der Waals surface area contributed by atoms with Crippen molar-refractivity contribution < 1.29 is 10.0 Å². The minimum Gasteiger partial charge on any atom is -0.423 e. The van der Waals surface area contributed by atoms with E-state index in [0.29, 0.717) is 5.46 Å². The SMILES string of the molecule is OB(O)c1cccc(-c2cccc(-c3cc(-c4ccccc4)nc(-c4ccccc4)c3)c2)c1. The predicted molar refractivity (Wildman–Crippen MR) is 136 cm³/mol. The summed E-state index contributed by atoms with van der Waals surface area (Å²) in [5.41, 5.74) is 8.53. The van der Waals surface area contributed by atoms with Gasteiger partial charge in [-0.15, -0.1) is 0 Å². The summed E-state index contributed by atoms with van der Waals surface area (Å²) in [6, 6.07) is 40.2. The van der Waals surface area contributed by atoms with E-state index in [0.717, 1.165) is 44.8 Å². The van der Waals surface area contributed by atoms with Gasteiger partial charge in [0.15, 0.2) is 0 Å². The van der Waals surface area contributed by atoms with Gasteiger partial charge in [-0.1, -0.05) is 103 Å².